The molecule has 3 N–H and O–H groups in total. The lowest BCUT2D eigenvalue weighted by Gasteiger charge is -2.30. The molecule has 17 heavy (non-hydrogen) atoms. The summed E-state index contributed by atoms with van der Waals surface area (Å²) >= 11 is 0. The molecule has 1 aliphatic heterocycles. The summed E-state index contributed by atoms with van der Waals surface area (Å²) in [4.78, 5) is 24.6. The minimum Gasteiger partial charge on any atom is -0.352 e. The number of hydrogen-bond acceptors (Lipinski definition) is 3. The van der Waals surface area contributed by atoms with Crippen molar-refractivity contribution in [3.63, 3.8) is 0 Å². The van der Waals surface area contributed by atoms with Crippen molar-refractivity contribution in [3.05, 3.63) is 0 Å². The zero-order chi connectivity index (χ0) is 12.7. The maximum absolute atomic E-state index is 11.6. The number of hydrogen-bond donors (Lipinski definition) is 2. The van der Waals surface area contributed by atoms with E-state index in [1.165, 1.54) is 0 Å². The van der Waals surface area contributed by atoms with E-state index in [1.807, 2.05) is 0 Å². The van der Waals surface area contributed by atoms with Crippen molar-refractivity contribution in [1.82, 2.24) is 10.2 Å². The first-order valence-corrected chi connectivity index (χ1v) is 6.37. The van der Waals surface area contributed by atoms with Gasteiger partial charge >= 0.3 is 0 Å². The van der Waals surface area contributed by atoms with E-state index in [0.717, 1.165) is 25.7 Å². The topological polar surface area (TPSA) is 75.4 Å². The zero-order valence-corrected chi connectivity index (χ0v) is 10.6. The lowest BCUT2D eigenvalue weighted by Crippen LogP contribution is -2.48. The van der Waals surface area contributed by atoms with E-state index in [4.69, 9.17) is 5.73 Å². The van der Waals surface area contributed by atoms with Gasteiger partial charge < -0.3 is 16.0 Å². The van der Waals surface area contributed by atoms with Crippen LogP contribution in [-0.4, -0.2) is 42.9 Å². The first-order chi connectivity index (χ1) is 8.13. The molecule has 0 aromatic carbocycles. The number of nitrogens with zero attached hydrogens (tertiary/aromatic N) is 1. The van der Waals surface area contributed by atoms with Crippen LogP contribution in [-0.2, 0) is 9.59 Å². The Balaban J connectivity index is 2.16. The lowest BCUT2D eigenvalue weighted by molar-refractivity contribution is -0.134. The minimum absolute atomic E-state index is 0.0924. The minimum atomic E-state index is 0.0924. The van der Waals surface area contributed by atoms with E-state index in [9.17, 15) is 9.59 Å². The number of piperidine rings is 1. The molecule has 0 aromatic heterocycles. The van der Waals surface area contributed by atoms with Crippen molar-refractivity contribution >= 4 is 11.8 Å². The number of rotatable bonds is 6. The standard InChI is InChI=1S/C12H23N3O2/c1-15-9-10(6-7-12(15)17)14-11(16)5-3-2-4-8-13/h10H,2-9,13H2,1H3,(H,14,16). The fourth-order valence-electron chi connectivity index (χ4n) is 2.04. The van der Waals surface area contributed by atoms with Gasteiger partial charge in [0.2, 0.25) is 11.8 Å². The van der Waals surface area contributed by atoms with Gasteiger partial charge in [-0.25, -0.2) is 0 Å². The van der Waals surface area contributed by atoms with Crippen LogP contribution in [0, 0.1) is 0 Å². The molecule has 1 rings (SSSR count). The first-order valence-electron chi connectivity index (χ1n) is 6.37. The molecule has 5 heteroatoms. The predicted octanol–water partition coefficient (Wildman–Crippen LogP) is 0.243. The highest BCUT2D eigenvalue weighted by molar-refractivity contribution is 5.78. The molecule has 1 saturated heterocycles. The van der Waals surface area contributed by atoms with Crippen molar-refractivity contribution in [1.29, 1.82) is 0 Å². The SMILES string of the molecule is CN1CC(NC(=O)CCCCCN)CCC1=O. The molecule has 1 aliphatic rings. The maximum atomic E-state index is 11.6. The molecule has 0 saturated carbocycles. The summed E-state index contributed by atoms with van der Waals surface area (Å²) in [5.41, 5.74) is 5.39. The van der Waals surface area contributed by atoms with E-state index in [0.29, 0.717) is 25.9 Å². The van der Waals surface area contributed by atoms with Crippen molar-refractivity contribution in [2.24, 2.45) is 5.73 Å². The molecule has 0 spiro atoms. The van der Waals surface area contributed by atoms with Gasteiger partial charge in [0.25, 0.3) is 0 Å². The van der Waals surface area contributed by atoms with Gasteiger partial charge in [0.05, 0.1) is 0 Å². The third-order valence-corrected chi connectivity index (χ3v) is 3.10. The number of likely N-dealkylation sites (tertiary alicyclic amines) is 1. The molecule has 0 radical (unpaired) electrons. The highest BCUT2D eigenvalue weighted by atomic mass is 16.2. The molecule has 0 aromatic rings. The summed E-state index contributed by atoms with van der Waals surface area (Å²) in [6.07, 6.45) is 4.74. The van der Waals surface area contributed by atoms with Crippen molar-refractivity contribution in [3.8, 4) is 0 Å². The highest BCUT2D eigenvalue weighted by Crippen LogP contribution is 2.10. The van der Waals surface area contributed by atoms with Gasteiger partial charge in [0, 0.05) is 32.5 Å². The number of carbonyl (C=O) groups excluding carboxylic acids is 2. The zero-order valence-electron chi connectivity index (χ0n) is 10.6. The van der Waals surface area contributed by atoms with Gasteiger partial charge in [-0.3, -0.25) is 9.59 Å². The number of likely N-dealkylation sites (N-methyl/N-ethyl adjacent to an activating group) is 1. The van der Waals surface area contributed by atoms with Gasteiger partial charge in [-0.2, -0.15) is 0 Å². The molecule has 5 nitrogen and oxygen atoms in total. The number of carbonyl (C=O) groups is 2. The van der Waals surface area contributed by atoms with Gasteiger partial charge in [0.15, 0.2) is 0 Å². The first kappa shape index (κ1) is 14.0. The number of unbranched alkanes of at least 4 members (excludes halogenated alkanes) is 2. The summed E-state index contributed by atoms with van der Waals surface area (Å²) < 4.78 is 0. The smallest absolute Gasteiger partial charge is 0.222 e. The Morgan fingerprint density at radius 2 is 2.24 bits per heavy atom. The van der Waals surface area contributed by atoms with Crippen LogP contribution >= 0.6 is 0 Å². The van der Waals surface area contributed by atoms with Crippen LogP contribution in [0.1, 0.15) is 38.5 Å². The van der Waals surface area contributed by atoms with Crippen molar-refractivity contribution < 1.29 is 9.59 Å². The Morgan fingerprint density at radius 3 is 2.88 bits per heavy atom. The van der Waals surface area contributed by atoms with Crippen molar-refractivity contribution in [2.75, 3.05) is 20.1 Å². The maximum Gasteiger partial charge on any atom is 0.222 e. The fraction of sp³-hybridized carbons (Fsp3) is 0.833. The van der Waals surface area contributed by atoms with Crippen LogP contribution in [0.3, 0.4) is 0 Å². The van der Waals surface area contributed by atoms with Gasteiger partial charge in [0.1, 0.15) is 0 Å². The monoisotopic (exact) mass is 241 g/mol. The average molecular weight is 241 g/mol. The van der Waals surface area contributed by atoms with Crippen LogP contribution < -0.4 is 11.1 Å². The van der Waals surface area contributed by atoms with E-state index in [-0.39, 0.29) is 17.9 Å². The molecule has 1 heterocycles. The fourth-order valence-corrected chi connectivity index (χ4v) is 2.04. The molecular formula is C12H23N3O2. The van der Waals surface area contributed by atoms with Gasteiger partial charge in [-0.15, -0.1) is 0 Å². The second kappa shape index (κ2) is 7.27. The van der Waals surface area contributed by atoms with Gasteiger partial charge in [-0.1, -0.05) is 6.42 Å². The third kappa shape index (κ3) is 5.17. The Labute approximate surface area is 103 Å². The van der Waals surface area contributed by atoms with Crippen LogP contribution in [0.2, 0.25) is 0 Å². The summed E-state index contributed by atoms with van der Waals surface area (Å²) in [5, 5.41) is 2.98. The molecule has 1 unspecified atom stereocenters. The van der Waals surface area contributed by atoms with Gasteiger partial charge in [-0.05, 0) is 25.8 Å². The summed E-state index contributed by atoms with van der Waals surface area (Å²) in [6, 6.07) is 0.125. The lowest BCUT2D eigenvalue weighted by atomic mass is 10.1. The predicted molar refractivity (Wildman–Crippen MR) is 66.3 cm³/mol. The number of nitrogens with two attached hydrogens (primary N) is 1. The van der Waals surface area contributed by atoms with E-state index in [1.54, 1.807) is 11.9 Å². The van der Waals surface area contributed by atoms with Crippen LogP contribution in [0.15, 0.2) is 0 Å². The molecular weight excluding hydrogens is 218 g/mol. The third-order valence-electron chi connectivity index (χ3n) is 3.10. The molecule has 0 aliphatic carbocycles. The van der Waals surface area contributed by atoms with E-state index in [2.05, 4.69) is 5.32 Å². The largest absolute Gasteiger partial charge is 0.352 e. The normalized spacial score (nSPS) is 20.5. The van der Waals surface area contributed by atoms with Crippen LogP contribution in [0.4, 0.5) is 0 Å². The molecule has 98 valence electrons. The second-order valence-electron chi connectivity index (χ2n) is 4.68. The Kier molecular flexibility index (Phi) is 5.97. The molecule has 2 amide bonds. The van der Waals surface area contributed by atoms with Crippen LogP contribution in [0.5, 0.6) is 0 Å². The summed E-state index contributed by atoms with van der Waals surface area (Å²) in [5.74, 6) is 0.258. The van der Waals surface area contributed by atoms with Crippen molar-refractivity contribution in [2.45, 2.75) is 44.6 Å². The number of nitrogens with one attached hydrogen (secondary N) is 1. The quantitative estimate of drug-likeness (QED) is 0.654. The molecule has 1 fully saturated rings. The van der Waals surface area contributed by atoms with E-state index < -0.39 is 0 Å². The molecule has 0 bridgehead atoms. The highest BCUT2D eigenvalue weighted by Gasteiger charge is 2.23. The van der Waals surface area contributed by atoms with E-state index >= 15 is 0 Å². The second-order valence-corrected chi connectivity index (χ2v) is 4.68. The average Bonchev–Trinajstić information content (AvgIpc) is 2.30. The Bertz CT molecular complexity index is 268. The Morgan fingerprint density at radius 1 is 1.47 bits per heavy atom. The summed E-state index contributed by atoms with van der Waals surface area (Å²) in [6.45, 7) is 1.32. The van der Waals surface area contributed by atoms with Crippen LogP contribution in [0.25, 0.3) is 0 Å². The Hall–Kier alpha value is -1.10. The number of amides is 2. The summed E-state index contributed by atoms with van der Waals surface area (Å²) in [7, 11) is 1.78. The molecule has 1 atom stereocenters.